The smallest absolute Gasteiger partial charge is 0.215 e. The first-order valence-electron chi connectivity index (χ1n) is 7.87. The molecule has 0 amide bonds. The fourth-order valence-corrected chi connectivity index (χ4v) is 3.31. The van der Waals surface area contributed by atoms with E-state index in [2.05, 4.69) is 14.9 Å². The van der Waals surface area contributed by atoms with Crippen LogP contribution < -0.4 is 9.46 Å². The fourth-order valence-electron chi connectivity index (χ4n) is 2.24. The minimum atomic E-state index is -3.48. The van der Waals surface area contributed by atoms with Gasteiger partial charge in [0.05, 0.1) is 11.8 Å². The molecule has 0 saturated carbocycles. The van der Waals surface area contributed by atoms with Crippen LogP contribution >= 0.6 is 0 Å². The van der Waals surface area contributed by atoms with Crippen molar-refractivity contribution in [3.63, 3.8) is 0 Å². The molecule has 0 aliphatic carbocycles. The van der Waals surface area contributed by atoms with E-state index in [-0.39, 0.29) is 18.4 Å². The van der Waals surface area contributed by atoms with Crippen molar-refractivity contribution in [2.24, 2.45) is 0 Å². The normalized spacial score (nSPS) is 13.2. The number of hydrogen-bond acceptors (Lipinski definition) is 5. The Labute approximate surface area is 143 Å². The minimum absolute atomic E-state index is 0.0853. The average Bonchev–Trinajstić information content (AvgIpc) is 2.98. The largest absolute Gasteiger partial charge is 0.492 e. The van der Waals surface area contributed by atoms with Crippen molar-refractivity contribution < 1.29 is 13.2 Å². The number of benzene rings is 1. The topological polar surface area (TPSA) is 86.1 Å². The highest BCUT2D eigenvalue weighted by atomic mass is 32.2. The summed E-state index contributed by atoms with van der Waals surface area (Å²) in [5, 5.41) is 7.87. The summed E-state index contributed by atoms with van der Waals surface area (Å²) >= 11 is 0. The molecule has 0 fully saturated rings. The van der Waals surface area contributed by atoms with Crippen molar-refractivity contribution in [3.8, 4) is 5.75 Å². The molecular weight excluding hydrogens is 328 g/mol. The summed E-state index contributed by atoms with van der Waals surface area (Å²) in [7, 11) is -3.48. The van der Waals surface area contributed by atoms with Crippen LogP contribution in [0.5, 0.6) is 5.75 Å². The molecule has 1 aromatic heterocycles. The lowest BCUT2D eigenvalue weighted by molar-refractivity contribution is 0.340. The molecule has 0 saturated heterocycles. The second kappa shape index (κ2) is 7.76. The van der Waals surface area contributed by atoms with Gasteiger partial charge in [0.1, 0.15) is 18.7 Å². The predicted octanol–water partition coefficient (Wildman–Crippen LogP) is 2.23. The summed E-state index contributed by atoms with van der Waals surface area (Å²) in [6.45, 7) is 7.80. The van der Waals surface area contributed by atoms with Crippen molar-refractivity contribution in [2.75, 3.05) is 12.4 Å². The number of nitrogens with zero attached hydrogens (tertiary/aromatic N) is 3. The number of nitrogens with one attached hydrogen (secondary N) is 1. The summed E-state index contributed by atoms with van der Waals surface area (Å²) in [6.07, 6.45) is 1.60. The highest BCUT2D eigenvalue weighted by molar-refractivity contribution is 7.89. The first kappa shape index (κ1) is 18.4. The van der Waals surface area contributed by atoms with Crippen LogP contribution in [-0.4, -0.2) is 35.5 Å². The van der Waals surface area contributed by atoms with Gasteiger partial charge in [-0.25, -0.2) is 13.1 Å². The third-order valence-electron chi connectivity index (χ3n) is 3.54. The van der Waals surface area contributed by atoms with Crippen molar-refractivity contribution in [1.29, 1.82) is 0 Å². The molecule has 7 nitrogen and oxygen atoms in total. The van der Waals surface area contributed by atoms with Gasteiger partial charge in [-0.05, 0) is 39.8 Å². The Bertz CT molecular complexity index is 754. The monoisotopic (exact) mass is 352 g/mol. The first-order valence-corrected chi connectivity index (χ1v) is 9.52. The second-order valence-corrected chi connectivity index (χ2v) is 7.88. The van der Waals surface area contributed by atoms with E-state index < -0.39 is 16.1 Å². The Morgan fingerprint density at radius 1 is 1.21 bits per heavy atom. The molecule has 0 spiro atoms. The van der Waals surface area contributed by atoms with Gasteiger partial charge in [-0.15, -0.1) is 10.2 Å². The predicted molar refractivity (Wildman–Crippen MR) is 92.4 cm³/mol. The zero-order chi connectivity index (χ0) is 17.7. The molecule has 24 heavy (non-hydrogen) atoms. The number of rotatable bonds is 8. The summed E-state index contributed by atoms with van der Waals surface area (Å²) < 4.78 is 34.4. The Kier molecular flexibility index (Phi) is 5.95. The summed E-state index contributed by atoms with van der Waals surface area (Å²) in [6, 6.07) is 7.18. The van der Waals surface area contributed by atoms with Gasteiger partial charge in [0, 0.05) is 6.04 Å². The third kappa shape index (κ3) is 5.04. The van der Waals surface area contributed by atoms with Gasteiger partial charge < -0.3 is 9.30 Å². The van der Waals surface area contributed by atoms with Crippen molar-refractivity contribution in [1.82, 2.24) is 19.5 Å². The van der Waals surface area contributed by atoms with Crippen LogP contribution in [0.3, 0.4) is 0 Å². The van der Waals surface area contributed by atoms with E-state index in [4.69, 9.17) is 4.74 Å². The quantitative estimate of drug-likeness (QED) is 0.787. The van der Waals surface area contributed by atoms with E-state index in [9.17, 15) is 8.42 Å². The van der Waals surface area contributed by atoms with Crippen molar-refractivity contribution >= 4 is 10.0 Å². The van der Waals surface area contributed by atoms with Crippen molar-refractivity contribution in [3.05, 3.63) is 42.0 Å². The molecule has 0 bridgehead atoms. The molecule has 0 aliphatic rings. The fraction of sp³-hybridized carbons (Fsp3) is 0.500. The zero-order valence-corrected chi connectivity index (χ0v) is 15.2. The van der Waals surface area contributed by atoms with Gasteiger partial charge in [-0.3, -0.25) is 0 Å². The maximum Gasteiger partial charge on any atom is 0.215 e. The van der Waals surface area contributed by atoms with E-state index >= 15 is 0 Å². The highest BCUT2D eigenvalue weighted by Gasteiger charge is 2.21. The molecule has 1 heterocycles. The number of aryl methyl sites for hydroxylation is 1. The molecule has 1 atom stereocenters. The van der Waals surface area contributed by atoms with Gasteiger partial charge >= 0.3 is 0 Å². The van der Waals surface area contributed by atoms with Crippen LogP contribution in [0, 0.1) is 6.92 Å². The van der Waals surface area contributed by atoms with E-state index in [0.717, 1.165) is 5.56 Å². The molecule has 1 unspecified atom stereocenters. The second-order valence-electron chi connectivity index (χ2n) is 6.01. The Morgan fingerprint density at radius 2 is 1.88 bits per heavy atom. The molecule has 1 aromatic carbocycles. The highest BCUT2D eigenvalue weighted by Crippen LogP contribution is 2.15. The molecule has 2 rings (SSSR count). The molecule has 2 aromatic rings. The van der Waals surface area contributed by atoms with Crippen LogP contribution in [-0.2, 0) is 10.0 Å². The van der Waals surface area contributed by atoms with E-state index in [1.807, 2.05) is 49.6 Å². The number of sulfonamides is 1. The molecule has 1 N–H and O–H groups in total. The van der Waals surface area contributed by atoms with E-state index in [0.29, 0.717) is 11.6 Å². The molecule has 132 valence electrons. The zero-order valence-electron chi connectivity index (χ0n) is 14.4. The maximum atomic E-state index is 12.2. The summed E-state index contributed by atoms with van der Waals surface area (Å²) in [4.78, 5) is 0. The molecule has 8 heteroatoms. The molecular formula is C16H24N4O3S. The van der Waals surface area contributed by atoms with Gasteiger partial charge in [0.25, 0.3) is 0 Å². The van der Waals surface area contributed by atoms with Crippen LogP contribution in [0.4, 0.5) is 0 Å². The summed E-state index contributed by atoms with van der Waals surface area (Å²) in [5.41, 5.74) is 1.12. The standard InChI is InChI=1S/C16H24N4O3S/c1-12(2)20-11-17-18-16(20)14(4)19-24(21,22)10-9-23-15-7-5-13(3)6-8-15/h5-8,11-12,14,19H,9-10H2,1-4H3. The van der Waals surface area contributed by atoms with Gasteiger partial charge in [0.2, 0.25) is 10.0 Å². The number of aromatic nitrogens is 3. The third-order valence-corrected chi connectivity index (χ3v) is 4.96. The maximum absolute atomic E-state index is 12.2. The Hall–Kier alpha value is -1.93. The Balaban J connectivity index is 1.90. The SMILES string of the molecule is Cc1ccc(OCCS(=O)(=O)NC(C)c2nncn2C(C)C)cc1. The Morgan fingerprint density at radius 3 is 2.50 bits per heavy atom. The number of hydrogen-bond donors (Lipinski definition) is 1. The van der Waals surface area contributed by atoms with Crippen LogP contribution in [0.25, 0.3) is 0 Å². The lowest BCUT2D eigenvalue weighted by atomic mass is 10.2. The van der Waals surface area contributed by atoms with Crippen LogP contribution in [0.1, 0.15) is 44.2 Å². The summed E-state index contributed by atoms with van der Waals surface area (Å²) in [5.74, 6) is 1.12. The average molecular weight is 352 g/mol. The van der Waals surface area contributed by atoms with Gasteiger partial charge in [-0.1, -0.05) is 17.7 Å². The lowest BCUT2D eigenvalue weighted by Crippen LogP contribution is -2.32. The first-order chi connectivity index (χ1) is 11.3. The van der Waals surface area contributed by atoms with Crippen molar-refractivity contribution in [2.45, 2.75) is 39.8 Å². The van der Waals surface area contributed by atoms with E-state index in [1.54, 1.807) is 13.3 Å². The lowest BCUT2D eigenvalue weighted by Gasteiger charge is -2.17. The number of ether oxygens (including phenoxy) is 1. The van der Waals surface area contributed by atoms with Crippen LogP contribution in [0.15, 0.2) is 30.6 Å². The molecule has 0 aliphatic heterocycles. The van der Waals surface area contributed by atoms with E-state index in [1.165, 1.54) is 0 Å². The molecule has 0 radical (unpaired) electrons. The minimum Gasteiger partial charge on any atom is -0.492 e. The van der Waals surface area contributed by atoms with Gasteiger partial charge in [0.15, 0.2) is 5.82 Å². The van der Waals surface area contributed by atoms with Gasteiger partial charge in [-0.2, -0.15) is 0 Å². The van der Waals surface area contributed by atoms with Crippen LogP contribution in [0.2, 0.25) is 0 Å².